The Morgan fingerprint density at radius 2 is 1.31 bits per heavy atom. The van der Waals surface area contributed by atoms with Crippen molar-refractivity contribution >= 4 is 18.1 Å². The molecule has 2 rings (SSSR count). The summed E-state index contributed by atoms with van der Waals surface area (Å²) < 4.78 is 13.3. The number of hydrogen-bond donors (Lipinski definition) is 1. The summed E-state index contributed by atoms with van der Waals surface area (Å²) in [5, 5.41) is 2.89. The van der Waals surface area contributed by atoms with Crippen molar-refractivity contribution in [3.63, 3.8) is 0 Å². The second-order valence-corrected chi connectivity index (χ2v) is 13.2. The summed E-state index contributed by atoms with van der Waals surface area (Å²) in [6, 6.07) is 5.71. The van der Waals surface area contributed by atoms with Crippen LogP contribution in [0.3, 0.4) is 0 Å². The molecule has 1 saturated carbocycles. The van der Waals surface area contributed by atoms with Gasteiger partial charge in [0, 0.05) is 31.0 Å². The third-order valence-corrected chi connectivity index (χ3v) is 9.27. The SMILES string of the molecule is CCCCCCCCCCCCCCCCCCNC(=O)OCC1(COC(=O)N(Cc2cccc[n+]2CC)C(C)=O)CCCC1. The van der Waals surface area contributed by atoms with Crippen molar-refractivity contribution in [3.05, 3.63) is 30.1 Å². The van der Waals surface area contributed by atoms with Gasteiger partial charge < -0.3 is 14.8 Å². The van der Waals surface area contributed by atoms with E-state index in [9.17, 15) is 14.4 Å². The third kappa shape index (κ3) is 16.5. The number of carbonyl (C=O) groups is 3. The van der Waals surface area contributed by atoms with E-state index in [4.69, 9.17) is 9.47 Å². The summed E-state index contributed by atoms with van der Waals surface area (Å²) in [7, 11) is 0. The van der Waals surface area contributed by atoms with Gasteiger partial charge in [-0.15, -0.1) is 0 Å². The molecule has 1 aliphatic rings. The highest BCUT2D eigenvalue weighted by molar-refractivity contribution is 5.90. The van der Waals surface area contributed by atoms with Gasteiger partial charge in [-0.25, -0.2) is 19.1 Å². The first-order valence-corrected chi connectivity index (χ1v) is 18.2. The molecule has 1 heterocycles. The molecule has 256 valence electrons. The van der Waals surface area contributed by atoms with E-state index >= 15 is 0 Å². The molecular weight excluding hydrogens is 566 g/mol. The van der Waals surface area contributed by atoms with E-state index in [1.165, 1.54) is 96.8 Å². The van der Waals surface area contributed by atoms with Gasteiger partial charge in [-0.1, -0.05) is 122 Å². The van der Waals surface area contributed by atoms with Crippen LogP contribution < -0.4 is 9.88 Å². The number of pyridine rings is 1. The van der Waals surface area contributed by atoms with Gasteiger partial charge in [-0.2, -0.15) is 0 Å². The number of rotatable bonds is 24. The van der Waals surface area contributed by atoms with Crippen LogP contribution in [0.2, 0.25) is 0 Å². The van der Waals surface area contributed by atoms with Crippen molar-refractivity contribution in [2.75, 3.05) is 19.8 Å². The van der Waals surface area contributed by atoms with Gasteiger partial charge in [0.25, 0.3) is 0 Å². The van der Waals surface area contributed by atoms with Crippen molar-refractivity contribution in [2.45, 2.75) is 162 Å². The van der Waals surface area contributed by atoms with Gasteiger partial charge in [0.2, 0.25) is 11.6 Å². The molecule has 0 aromatic carbocycles. The van der Waals surface area contributed by atoms with Crippen LogP contribution in [-0.2, 0) is 27.4 Å². The fourth-order valence-corrected chi connectivity index (χ4v) is 6.31. The molecule has 0 bridgehead atoms. The zero-order valence-electron chi connectivity index (χ0n) is 28.9. The highest BCUT2D eigenvalue weighted by Crippen LogP contribution is 2.39. The van der Waals surface area contributed by atoms with Gasteiger partial charge in [-0.3, -0.25) is 4.79 Å². The number of aromatic nitrogens is 1. The Hall–Kier alpha value is -2.64. The highest BCUT2D eigenvalue weighted by Gasteiger charge is 2.38. The fourth-order valence-electron chi connectivity index (χ4n) is 6.31. The molecule has 1 aromatic rings. The van der Waals surface area contributed by atoms with E-state index < -0.39 is 17.6 Å². The molecule has 1 N–H and O–H groups in total. The van der Waals surface area contributed by atoms with E-state index in [1.807, 2.05) is 35.9 Å². The van der Waals surface area contributed by atoms with E-state index in [0.29, 0.717) is 6.54 Å². The largest absolute Gasteiger partial charge is 0.449 e. The molecule has 1 aromatic heterocycles. The van der Waals surface area contributed by atoms with Crippen LogP contribution >= 0.6 is 0 Å². The van der Waals surface area contributed by atoms with Gasteiger partial charge >= 0.3 is 12.2 Å². The fraction of sp³-hybridized carbons (Fsp3) is 0.784. The molecule has 0 aliphatic heterocycles. The van der Waals surface area contributed by atoms with Crippen molar-refractivity contribution in [2.24, 2.45) is 5.41 Å². The zero-order valence-corrected chi connectivity index (χ0v) is 28.9. The molecule has 8 nitrogen and oxygen atoms in total. The normalized spacial score (nSPS) is 13.8. The lowest BCUT2D eigenvalue weighted by molar-refractivity contribution is -0.701. The van der Waals surface area contributed by atoms with Crippen LogP contribution in [0.15, 0.2) is 24.4 Å². The average molecular weight is 631 g/mol. The maximum atomic E-state index is 13.0. The Labute approximate surface area is 274 Å². The molecule has 0 atom stereocenters. The lowest BCUT2D eigenvalue weighted by Crippen LogP contribution is -2.44. The number of ether oxygens (including phenoxy) is 2. The van der Waals surface area contributed by atoms with E-state index in [0.717, 1.165) is 55.7 Å². The third-order valence-electron chi connectivity index (χ3n) is 9.27. The van der Waals surface area contributed by atoms with Gasteiger partial charge in [-0.05, 0) is 26.2 Å². The minimum absolute atomic E-state index is 0.130. The maximum absolute atomic E-state index is 13.0. The minimum Gasteiger partial charge on any atom is -0.449 e. The van der Waals surface area contributed by atoms with Crippen LogP contribution in [0.1, 0.15) is 155 Å². The Kier molecular flexibility index (Phi) is 20.3. The Bertz CT molecular complexity index is 963. The molecule has 0 spiro atoms. The lowest BCUT2D eigenvalue weighted by Gasteiger charge is -2.29. The number of hydrogen-bond acceptors (Lipinski definition) is 5. The van der Waals surface area contributed by atoms with Gasteiger partial charge in [0.05, 0.1) is 0 Å². The molecule has 1 aliphatic carbocycles. The lowest BCUT2D eigenvalue weighted by atomic mass is 9.88. The predicted octanol–water partition coefficient (Wildman–Crippen LogP) is 9.03. The number of alkyl carbamates (subject to hydrolysis) is 1. The molecule has 8 heteroatoms. The second-order valence-electron chi connectivity index (χ2n) is 13.2. The number of aryl methyl sites for hydroxylation is 1. The summed E-state index contributed by atoms with van der Waals surface area (Å²) in [4.78, 5) is 38.8. The smallest absolute Gasteiger partial charge is 0.417 e. The summed E-state index contributed by atoms with van der Waals surface area (Å²) in [5.41, 5.74) is 0.451. The number of unbranched alkanes of at least 4 members (excludes halogenated alkanes) is 15. The second kappa shape index (κ2) is 23.7. The van der Waals surface area contributed by atoms with Crippen LogP contribution in [0.4, 0.5) is 9.59 Å². The molecule has 0 unspecified atom stereocenters. The predicted molar refractivity (Wildman–Crippen MR) is 180 cm³/mol. The summed E-state index contributed by atoms with van der Waals surface area (Å²) in [6.07, 6.45) is 25.7. The number of carbonyl (C=O) groups excluding carboxylic acids is 3. The number of nitrogens with one attached hydrogen (secondary N) is 1. The van der Waals surface area contributed by atoms with Gasteiger partial charge in [0.15, 0.2) is 6.20 Å². The molecule has 0 saturated heterocycles. The zero-order chi connectivity index (χ0) is 32.6. The minimum atomic E-state index is -0.659. The van der Waals surface area contributed by atoms with Gasteiger partial charge in [0.1, 0.15) is 26.3 Å². The topological polar surface area (TPSA) is 88.8 Å². The van der Waals surface area contributed by atoms with Crippen LogP contribution in [-0.4, -0.2) is 42.8 Å². The number of nitrogens with zero attached hydrogens (tertiary/aromatic N) is 2. The standard InChI is InChI=1S/C37H63N3O5/c1-4-6-7-8-9-10-11-12-13-14-15-16-17-18-19-23-28-38-35(42)44-31-37(26-21-22-27-37)32-45-36(43)40(33(3)41)30-34-25-20-24-29-39(34)5-2/h20,24-25,29H,4-19,21-23,26-28,30-32H2,1-3H3/p+1. The molecular formula is C37H64N3O5+. The average Bonchev–Trinajstić information content (AvgIpc) is 3.52. The Balaban J connectivity index is 1.55. The first-order valence-electron chi connectivity index (χ1n) is 18.2. The maximum Gasteiger partial charge on any atom is 0.417 e. The monoisotopic (exact) mass is 630 g/mol. The van der Waals surface area contributed by atoms with Crippen LogP contribution in [0.25, 0.3) is 0 Å². The van der Waals surface area contributed by atoms with Crippen LogP contribution in [0.5, 0.6) is 0 Å². The van der Waals surface area contributed by atoms with E-state index in [1.54, 1.807) is 0 Å². The molecule has 1 fully saturated rings. The molecule has 0 radical (unpaired) electrons. The first kappa shape index (κ1) is 38.5. The summed E-state index contributed by atoms with van der Waals surface area (Å²) in [5.74, 6) is -0.364. The summed E-state index contributed by atoms with van der Waals surface area (Å²) in [6.45, 7) is 7.50. The van der Waals surface area contributed by atoms with E-state index in [2.05, 4.69) is 12.2 Å². The molecule has 45 heavy (non-hydrogen) atoms. The van der Waals surface area contributed by atoms with E-state index in [-0.39, 0.29) is 25.7 Å². The van der Waals surface area contributed by atoms with Crippen molar-refractivity contribution < 1.29 is 28.4 Å². The quantitative estimate of drug-likeness (QED) is 0.0909. The number of imide groups is 1. The Morgan fingerprint density at radius 3 is 1.84 bits per heavy atom. The van der Waals surface area contributed by atoms with Crippen LogP contribution in [0, 0.1) is 5.41 Å². The molecule has 3 amide bonds. The van der Waals surface area contributed by atoms with Crippen molar-refractivity contribution in [3.8, 4) is 0 Å². The Morgan fingerprint density at radius 1 is 0.778 bits per heavy atom. The summed E-state index contributed by atoms with van der Waals surface area (Å²) >= 11 is 0. The van der Waals surface area contributed by atoms with Crippen molar-refractivity contribution in [1.82, 2.24) is 10.2 Å². The van der Waals surface area contributed by atoms with Crippen molar-refractivity contribution in [1.29, 1.82) is 0 Å². The highest BCUT2D eigenvalue weighted by atomic mass is 16.6. The first-order chi connectivity index (χ1) is 21.9. The number of amides is 3.